The van der Waals surface area contributed by atoms with Crippen LogP contribution >= 0.6 is 0 Å². The number of hydrogen-bond donors (Lipinski definition) is 2. The molecular formula is C17H25N3O. The summed E-state index contributed by atoms with van der Waals surface area (Å²) in [6, 6.07) is 8.07. The maximum atomic E-state index is 11.2. The summed E-state index contributed by atoms with van der Waals surface area (Å²) in [7, 11) is 0. The summed E-state index contributed by atoms with van der Waals surface area (Å²) in [6.07, 6.45) is 2.31. The number of carbonyl (C=O) groups is 1. The van der Waals surface area contributed by atoms with Crippen LogP contribution in [0.5, 0.6) is 0 Å². The molecule has 4 nitrogen and oxygen atoms in total. The molecule has 0 radical (unpaired) electrons. The van der Waals surface area contributed by atoms with Crippen LogP contribution in [-0.2, 0) is 6.54 Å². The van der Waals surface area contributed by atoms with Crippen LogP contribution in [0.15, 0.2) is 36.4 Å². The molecule has 1 amide bonds. The van der Waals surface area contributed by atoms with Crippen molar-refractivity contribution in [2.75, 3.05) is 19.6 Å². The van der Waals surface area contributed by atoms with E-state index in [1.807, 2.05) is 18.2 Å². The lowest BCUT2D eigenvalue weighted by molar-refractivity contribution is 0.1000. The second kappa shape index (κ2) is 7.38. The Morgan fingerprint density at radius 1 is 1.43 bits per heavy atom. The van der Waals surface area contributed by atoms with Crippen molar-refractivity contribution in [3.8, 4) is 0 Å². The molecule has 0 bridgehead atoms. The van der Waals surface area contributed by atoms with E-state index in [0.717, 1.165) is 44.6 Å². The lowest BCUT2D eigenvalue weighted by atomic mass is 10.0. The normalized spacial score (nSPS) is 16.8. The second-order valence-electron chi connectivity index (χ2n) is 5.95. The number of nitrogens with two attached hydrogens (primary N) is 1. The van der Waals surface area contributed by atoms with Crippen LogP contribution in [0.4, 0.5) is 0 Å². The highest BCUT2D eigenvalue weighted by molar-refractivity contribution is 5.92. The van der Waals surface area contributed by atoms with Crippen LogP contribution in [0.2, 0.25) is 0 Å². The van der Waals surface area contributed by atoms with Gasteiger partial charge in [-0.25, -0.2) is 0 Å². The number of nitrogens with zero attached hydrogens (tertiary/aromatic N) is 1. The fourth-order valence-corrected chi connectivity index (χ4v) is 2.77. The monoisotopic (exact) mass is 287 g/mol. The molecular weight excluding hydrogens is 262 g/mol. The minimum absolute atomic E-state index is 0.370. The van der Waals surface area contributed by atoms with E-state index in [4.69, 9.17) is 5.73 Å². The van der Waals surface area contributed by atoms with Crippen LogP contribution in [0.25, 0.3) is 0 Å². The zero-order chi connectivity index (χ0) is 15.2. The first kappa shape index (κ1) is 15.7. The molecule has 2 rings (SSSR count). The van der Waals surface area contributed by atoms with Gasteiger partial charge in [0, 0.05) is 24.7 Å². The van der Waals surface area contributed by atoms with Gasteiger partial charge in [-0.2, -0.15) is 0 Å². The topological polar surface area (TPSA) is 58.4 Å². The van der Waals surface area contributed by atoms with Crippen LogP contribution in [0, 0.1) is 0 Å². The fourth-order valence-electron chi connectivity index (χ4n) is 2.77. The van der Waals surface area contributed by atoms with Crippen molar-refractivity contribution in [3.63, 3.8) is 0 Å². The lowest BCUT2D eigenvalue weighted by Gasteiger charge is -2.32. The van der Waals surface area contributed by atoms with Crippen molar-refractivity contribution in [2.24, 2.45) is 5.73 Å². The van der Waals surface area contributed by atoms with Gasteiger partial charge in [-0.05, 0) is 50.6 Å². The van der Waals surface area contributed by atoms with Gasteiger partial charge in [0.05, 0.1) is 0 Å². The molecule has 1 heterocycles. The van der Waals surface area contributed by atoms with Gasteiger partial charge in [0.2, 0.25) is 5.91 Å². The number of piperidine rings is 1. The molecule has 0 spiro atoms. The Morgan fingerprint density at radius 2 is 2.14 bits per heavy atom. The first-order valence-corrected chi connectivity index (χ1v) is 7.53. The van der Waals surface area contributed by atoms with Crippen LogP contribution in [0.3, 0.4) is 0 Å². The van der Waals surface area contributed by atoms with E-state index in [1.54, 1.807) is 6.07 Å². The second-order valence-corrected chi connectivity index (χ2v) is 5.95. The van der Waals surface area contributed by atoms with Crippen molar-refractivity contribution in [2.45, 2.75) is 32.4 Å². The van der Waals surface area contributed by atoms with E-state index in [-0.39, 0.29) is 5.91 Å². The average Bonchev–Trinajstić information content (AvgIpc) is 2.46. The SMILES string of the molecule is C=C(C)CN1CCC(NCc2cccc(C(N)=O)c2)CC1. The maximum Gasteiger partial charge on any atom is 0.248 e. The number of hydrogen-bond acceptors (Lipinski definition) is 3. The average molecular weight is 287 g/mol. The number of amides is 1. The molecule has 1 aliphatic rings. The van der Waals surface area contributed by atoms with Gasteiger partial charge in [-0.3, -0.25) is 9.69 Å². The Bertz CT molecular complexity index is 505. The van der Waals surface area contributed by atoms with Crippen LogP contribution in [-0.4, -0.2) is 36.5 Å². The maximum absolute atomic E-state index is 11.2. The van der Waals surface area contributed by atoms with Gasteiger partial charge in [-0.1, -0.05) is 24.3 Å². The highest BCUT2D eigenvalue weighted by Gasteiger charge is 2.18. The predicted octanol–water partition coefficient (Wildman–Crippen LogP) is 1.92. The Morgan fingerprint density at radius 3 is 2.76 bits per heavy atom. The molecule has 21 heavy (non-hydrogen) atoms. The number of rotatable bonds is 6. The third kappa shape index (κ3) is 4.99. The predicted molar refractivity (Wildman–Crippen MR) is 86.1 cm³/mol. The molecule has 0 unspecified atom stereocenters. The standard InChI is InChI=1S/C17H25N3O/c1-13(2)12-20-8-6-16(7-9-20)19-11-14-4-3-5-15(10-14)17(18)21/h3-5,10,16,19H,1,6-9,11-12H2,2H3,(H2,18,21). The third-order valence-electron chi connectivity index (χ3n) is 3.89. The molecule has 0 saturated carbocycles. The fraction of sp³-hybridized carbons (Fsp3) is 0.471. The highest BCUT2D eigenvalue weighted by atomic mass is 16.1. The van der Waals surface area contributed by atoms with Gasteiger partial charge in [-0.15, -0.1) is 0 Å². The van der Waals surface area contributed by atoms with Gasteiger partial charge < -0.3 is 11.1 Å². The van der Waals surface area contributed by atoms with Gasteiger partial charge in [0.1, 0.15) is 0 Å². The summed E-state index contributed by atoms with van der Waals surface area (Å²) in [5.41, 5.74) is 8.21. The molecule has 1 fully saturated rings. The lowest BCUT2D eigenvalue weighted by Crippen LogP contribution is -2.42. The van der Waals surface area contributed by atoms with Crippen molar-refractivity contribution in [3.05, 3.63) is 47.5 Å². The van der Waals surface area contributed by atoms with Gasteiger partial charge >= 0.3 is 0 Å². The summed E-state index contributed by atoms with van der Waals surface area (Å²) in [6.45, 7) is 10.1. The number of carbonyl (C=O) groups excluding carboxylic acids is 1. The minimum Gasteiger partial charge on any atom is -0.366 e. The summed E-state index contributed by atoms with van der Waals surface area (Å²) in [4.78, 5) is 13.6. The number of likely N-dealkylation sites (tertiary alicyclic amines) is 1. The van der Waals surface area contributed by atoms with Gasteiger partial charge in [0.15, 0.2) is 0 Å². The largest absolute Gasteiger partial charge is 0.366 e. The Balaban J connectivity index is 1.78. The zero-order valence-corrected chi connectivity index (χ0v) is 12.8. The molecule has 1 saturated heterocycles. The smallest absolute Gasteiger partial charge is 0.248 e. The summed E-state index contributed by atoms with van der Waals surface area (Å²) in [5.74, 6) is -0.370. The van der Waals surface area contributed by atoms with Crippen molar-refractivity contribution < 1.29 is 4.79 Å². The summed E-state index contributed by atoms with van der Waals surface area (Å²) in [5, 5.41) is 3.58. The van der Waals surface area contributed by atoms with Crippen LogP contribution < -0.4 is 11.1 Å². The molecule has 0 atom stereocenters. The van der Waals surface area contributed by atoms with E-state index >= 15 is 0 Å². The Labute approximate surface area is 127 Å². The van der Waals surface area contributed by atoms with Crippen molar-refractivity contribution in [1.82, 2.24) is 10.2 Å². The first-order valence-electron chi connectivity index (χ1n) is 7.53. The van der Waals surface area contributed by atoms with Crippen molar-refractivity contribution >= 4 is 5.91 Å². The Hall–Kier alpha value is -1.65. The summed E-state index contributed by atoms with van der Waals surface area (Å²) < 4.78 is 0. The van der Waals surface area contributed by atoms with Crippen molar-refractivity contribution in [1.29, 1.82) is 0 Å². The van der Waals surface area contributed by atoms with E-state index < -0.39 is 0 Å². The van der Waals surface area contributed by atoms with E-state index in [1.165, 1.54) is 5.57 Å². The van der Waals surface area contributed by atoms with Crippen LogP contribution in [0.1, 0.15) is 35.7 Å². The number of nitrogens with one attached hydrogen (secondary N) is 1. The third-order valence-corrected chi connectivity index (χ3v) is 3.89. The molecule has 1 aliphatic heterocycles. The molecule has 0 aliphatic carbocycles. The molecule has 1 aromatic rings. The molecule has 4 heteroatoms. The highest BCUT2D eigenvalue weighted by Crippen LogP contribution is 2.13. The number of primary amides is 1. The van der Waals surface area contributed by atoms with E-state index in [0.29, 0.717) is 11.6 Å². The Kier molecular flexibility index (Phi) is 5.53. The van der Waals surface area contributed by atoms with Gasteiger partial charge in [0.25, 0.3) is 0 Å². The molecule has 0 aromatic heterocycles. The van der Waals surface area contributed by atoms with E-state index in [9.17, 15) is 4.79 Å². The van der Waals surface area contributed by atoms with E-state index in [2.05, 4.69) is 23.7 Å². The zero-order valence-electron chi connectivity index (χ0n) is 12.8. The molecule has 3 N–H and O–H groups in total. The molecule has 1 aromatic carbocycles. The molecule has 114 valence electrons. The minimum atomic E-state index is -0.370. The quantitative estimate of drug-likeness (QED) is 0.786. The number of benzene rings is 1. The first-order chi connectivity index (χ1) is 10.0. The summed E-state index contributed by atoms with van der Waals surface area (Å²) >= 11 is 0.